The number of allylic oxidation sites excluding steroid dienone is 2. The average Bonchev–Trinajstić information content (AvgIpc) is 2.42. The molecule has 0 heterocycles. The third kappa shape index (κ3) is 5.30. The van der Waals surface area contributed by atoms with Gasteiger partial charge in [0.05, 0.1) is 24.0 Å². The second-order valence-electron chi connectivity index (χ2n) is 5.11. The molecule has 114 valence electrons. The van der Waals surface area contributed by atoms with Crippen molar-refractivity contribution in [3.05, 3.63) is 12.2 Å². The fraction of sp³-hybridized carbons (Fsp3) is 0.714. The van der Waals surface area contributed by atoms with Crippen LogP contribution in [0.2, 0.25) is 0 Å². The number of hydrogen-bond donors (Lipinski definition) is 2. The minimum atomic E-state index is -0.737. The normalized spacial score (nSPS) is 24.8. The lowest BCUT2D eigenvalue weighted by molar-refractivity contribution is -0.163. The van der Waals surface area contributed by atoms with E-state index in [4.69, 9.17) is 19.7 Å². The zero-order chi connectivity index (χ0) is 15.1. The Morgan fingerprint density at radius 1 is 1.00 bits per heavy atom. The first-order chi connectivity index (χ1) is 9.41. The SMILES string of the molecule is CC(O)COC(=O)C1CC=CCC1C(=O)OCC(C)O. The van der Waals surface area contributed by atoms with Crippen molar-refractivity contribution < 1.29 is 29.3 Å². The Hall–Kier alpha value is -1.40. The van der Waals surface area contributed by atoms with Crippen LogP contribution >= 0.6 is 0 Å². The number of hydrogen-bond acceptors (Lipinski definition) is 6. The largest absolute Gasteiger partial charge is 0.463 e. The molecule has 0 aromatic heterocycles. The standard InChI is InChI=1S/C14H22O6/c1-9(15)7-19-13(17)11-5-3-4-6-12(11)14(18)20-8-10(2)16/h3-4,9-12,15-16H,5-8H2,1-2H3. The summed E-state index contributed by atoms with van der Waals surface area (Å²) >= 11 is 0. The Kier molecular flexibility index (Phi) is 6.67. The highest BCUT2D eigenvalue weighted by Crippen LogP contribution is 2.28. The highest BCUT2D eigenvalue weighted by Gasteiger charge is 2.36. The number of esters is 2. The highest BCUT2D eigenvalue weighted by atomic mass is 16.5. The lowest BCUT2D eigenvalue weighted by Gasteiger charge is -2.25. The number of rotatable bonds is 6. The summed E-state index contributed by atoms with van der Waals surface area (Å²) in [5.41, 5.74) is 0. The van der Waals surface area contributed by atoms with Gasteiger partial charge in [0.25, 0.3) is 0 Å². The van der Waals surface area contributed by atoms with Crippen LogP contribution in [-0.2, 0) is 19.1 Å². The third-order valence-electron chi connectivity index (χ3n) is 2.97. The van der Waals surface area contributed by atoms with Gasteiger partial charge in [-0.1, -0.05) is 12.2 Å². The van der Waals surface area contributed by atoms with Crippen molar-refractivity contribution in [3.63, 3.8) is 0 Å². The summed E-state index contributed by atoms with van der Waals surface area (Å²) in [4.78, 5) is 23.9. The Bertz CT molecular complexity index is 327. The van der Waals surface area contributed by atoms with Gasteiger partial charge in [0, 0.05) is 0 Å². The molecule has 20 heavy (non-hydrogen) atoms. The van der Waals surface area contributed by atoms with Crippen LogP contribution in [0, 0.1) is 11.8 Å². The van der Waals surface area contributed by atoms with E-state index in [2.05, 4.69) is 0 Å². The first-order valence-corrected chi connectivity index (χ1v) is 6.76. The van der Waals surface area contributed by atoms with Gasteiger partial charge >= 0.3 is 11.9 Å². The molecule has 1 rings (SSSR count). The van der Waals surface area contributed by atoms with Gasteiger partial charge in [0.2, 0.25) is 0 Å². The molecule has 0 saturated carbocycles. The molecule has 0 amide bonds. The van der Waals surface area contributed by atoms with Crippen LogP contribution in [0.4, 0.5) is 0 Å². The van der Waals surface area contributed by atoms with E-state index in [-0.39, 0.29) is 13.2 Å². The minimum absolute atomic E-state index is 0.0888. The van der Waals surface area contributed by atoms with Crippen molar-refractivity contribution in [2.24, 2.45) is 11.8 Å². The van der Waals surface area contributed by atoms with Crippen LogP contribution < -0.4 is 0 Å². The van der Waals surface area contributed by atoms with Crippen LogP contribution in [0.5, 0.6) is 0 Å². The van der Waals surface area contributed by atoms with Crippen molar-refractivity contribution in [2.45, 2.75) is 38.9 Å². The first kappa shape index (κ1) is 16.7. The summed E-state index contributed by atoms with van der Waals surface area (Å²) in [7, 11) is 0. The molecule has 0 bridgehead atoms. The smallest absolute Gasteiger partial charge is 0.310 e. The summed E-state index contributed by atoms with van der Waals surface area (Å²) in [6.45, 7) is 2.86. The molecule has 4 unspecified atom stereocenters. The fourth-order valence-electron chi connectivity index (χ4n) is 1.95. The second kappa shape index (κ2) is 8.01. The second-order valence-corrected chi connectivity index (χ2v) is 5.11. The lowest BCUT2D eigenvalue weighted by atomic mass is 9.83. The highest BCUT2D eigenvalue weighted by molar-refractivity contribution is 5.82. The molecule has 1 aliphatic rings. The zero-order valence-electron chi connectivity index (χ0n) is 11.8. The molecule has 0 spiro atoms. The quantitative estimate of drug-likeness (QED) is 0.543. The van der Waals surface area contributed by atoms with Crippen LogP contribution in [0.25, 0.3) is 0 Å². The average molecular weight is 286 g/mol. The maximum atomic E-state index is 11.9. The number of ether oxygens (including phenoxy) is 2. The predicted molar refractivity (Wildman–Crippen MR) is 70.6 cm³/mol. The summed E-state index contributed by atoms with van der Waals surface area (Å²) in [5.74, 6) is -2.20. The number of aliphatic hydroxyl groups is 2. The van der Waals surface area contributed by atoms with E-state index >= 15 is 0 Å². The molecule has 6 heteroatoms. The summed E-state index contributed by atoms with van der Waals surface area (Å²) in [5, 5.41) is 18.2. The maximum absolute atomic E-state index is 11.9. The van der Waals surface area contributed by atoms with E-state index in [0.717, 1.165) is 0 Å². The molecular weight excluding hydrogens is 264 g/mol. The monoisotopic (exact) mass is 286 g/mol. The molecule has 0 radical (unpaired) electrons. The van der Waals surface area contributed by atoms with Gasteiger partial charge in [-0.25, -0.2) is 0 Å². The molecule has 0 aromatic carbocycles. The van der Waals surface area contributed by atoms with Crippen LogP contribution in [0.1, 0.15) is 26.7 Å². The summed E-state index contributed by atoms with van der Waals surface area (Å²) in [6, 6.07) is 0. The van der Waals surface area contributed by atoms with Gasteiger partial charge in [-0.2, -0.15) is 0 Å². The molecular formula is C14H22O6. The third-order valence-corrected chi connectivity index (χ3v) is 2.97. The van der Waals surface area contributed by atoms with Gasteiger partial charge in [-0.05, 0) is 26.7 Å². The van der Waals surface area contributed by atoms with Gasteiger partial charge in [-0.3, -0.25) is 9.59 Å². The molecule has 1 aliphatic carbocycles. The number of carbonyl (C=O) groups is 2. The number of carbonyl (C=O) groups excluding carboxylic acids is 2. The van der Waals surface area contributed by atoms with Crippen molar-refractivity contribution in [3.8, 4) is 0 Å². The molecule has 6 nitrogen and oxygen atoms in total. The Morgan fingerprint density at radius 2 is 1.35 bits per heavy atom. The molecule has 0 fully saturated rings. The fourth-order valence-corrected chi connectivity index (χ4v) is 1.95. The van der Waals surface area contributed by atoms with E-state index in [9.17, 15) is 9.59 Å². The van der Waals surface area contributed by atoms with Crippen LogP contribution in [0.15, 0.2) is 12.2 Å². The van der Waals surface area contributed by atoms with E-state index in [1.165, 1.54) is 13.8 Å². The van der Waals surface area contributed by atoms with E-state index < -0.39 is 36.0 Å². The summed E-state index contributed by atoms with van der Waals surface area (Å²) < 4.78 is 9.94. The predicted octanol–water partition coefficient (Wildman–Crippen LogP) is 0.417. The molecule has 4 atom stereocenters. The molecule has 0 saturated heterocycles. The van der Waals surface area contributed by atoms with Gasteiger partial charge in [0.15, 0.2) is 0 Å². The van der Waals surface area contributed by atoms with Crippen molar-refractivity contribution in [1.82, 2.24) is 0 Å². The van der Waals surface area contributed by atoms with Crippen molar-refractivity contribution in [1.29, 1.82) is 0 Å². The Balaban J connectivity index is 2.60. The lowest BCUT2D eigenvalue weighted by Crippen LogP contribution is -2.35. The summed E-state index contributed by atoms with van der Waals surface area (Å²) in [6.07, 6.45) is 3.00. The Labute approximate surface area is 118 Å². The van der Waals surface area contributed by atoms with Crippen molar-refractivity contribution in [2.75, 3.05) is 13.2 Å². The molecule has 2 N–H and O–H groups in total. The van der Waals surface area contributed by atoms with E-state index in [1.54, 1.807) is 0 Å². The first-order valence-electron chi connectivity index (χ1n) is 6.76. The van der Waals surface area contributed by atoms with Crippen LogP contribution in [0.3, 0.4) is 0 Å². The van der Waals surface area contributed by atoms with Gasteiger partial charge < -0.3 is 19.7 Å². The Morgan fingerprint density at radius 3 is 1.65 bits per heavy atom. The minimum Gasteiger partial charge on any atom is -0.463 e. The number of aliphatic hydroxyl groups excluding tert-OH is 2. The van der Waals surface area contributed by atoms with E-state index in [1.807, 2.05) is 12.2 Å². The maximum Gasteiger partial charge on any atom is 0.310 e. The van der Waals surface area contributed by atoms with Crippen LogP contribution in [-0.4, -0.2) is 47.6 Å². The topological polar surface area (TPSA) is 93.1 Å². The van der Waals surface area contributed by atoms with Gasteiger partial charge in [-0.15, -0.1) is 0 Å². The molecule has 0 aromatic rings. The zero-order valence-corrected chi connectivity index (χ0v) is 11.8. The van der Waals surface area contributed by atoms with Crippen molar-refractivity contribution >= 4 is 11.9 Å². The van der Waals surface area contributed by atoms with Gasteiger partial charge in [0.1, 0.15) is 13.2 Å². The molecule has 0 aliphatic heterocycles. The van der Waals surface area contributed by atoms with E-state index in [0.29, 0.717) is 12.8 Å².